The number of benzene rings is 4. The van der Waals surface area contributed by atoms with E-state index in [9.17, 15) is 32.7 Å². The van der Waals surface area contributed by atoms with Gasteiger partial charge in [0, 0.05) is 18.4 Å². The van der Waals surface area contributed by atoms with Crippen LogP contribution in [0.2, 0.25) is 0 Å². The maximum Gasteiger partial charge on any atom is 0.399 e. The number of para-hydroxylation sites is 1. The van der Waals surface area contributed by atoms with E-state index in [1.54, 1.807) is 59.3 Å². The lowest BCUT2D eigenvalue weighted by Crippen LogP contribution is -2.41. The monoisotopic (exact) mass is 635 g/mol. The molecule has 0 fully saturated rings. The Morgan fingerprint density at radius 1 is 0.756 bits per heavy atom. The lowest BCUT2D eigenvalue weighted by molar-refractivity contribution is 0.0564. The summed E-state index contributed by atoms with van der Waals surface area (Å²) in [6.45, 7) is 0. The lowest BCUT2D eigenvalue weighted by Gasteiger charge is -2.36. The van der Waals surface area contributed by atoms with Crippen molar-refractivity contribution in [2.75, 3.05) is 14.2 Å². The topological polar surface area (TPSA) is 141 Å². The Labute approximate surface area is 256 Å². The molecular formula is C32H28F2N3O7P. The van der Waals surface area contributed by atoms with Crippen LogP contribution in [0.4, 0.5) is 8.78 Å². The molecule has 1 unspecified atom stereocenters. The van der Waals surface area contributed by atoms with Gasteiger partial charge < -0.3 is 19.3 Å². The first kappa shape index (κ1) is 31.6. The molecule has 4 aromatic carbocycles. The minimum absolute atomic E-state index is 0.151. The van der Waals surface area contributed by atoms with E-state index in [1.165, 1.54) is 26.4 Å². The SMILES string of the molecule is COC(=O)c1ccc(CC(Cc2ccc(C(F)(F)P(=O)(O)O)cc2)(c2ccc(C(=O)OC)cc2)n2nnc3ccccc32)cc1. The Morgan fingerprint density at radius 3 is 1.73 bits per heavy atom. The summed E-state index contributed by atoms with van der Waals surface area (Å²) in [5, 5.41) is 8.90. The molecule has 0 aliphatic heterocycles. The number of hydrogen-bond donors (Lipinski definition) is 2. The van der Waals surface area contributed by atoms with E-state index in [0.29, 0.717) is 33.3 Å². The number of carbonyl (C=O) groups excluding carboxylic acids is 2. The van der Waals surface area contributed by atoms with Crippen LogP contribution >= 0.6 is 7.60 Å². The molecule has 0 aliphatic rings. The van der Waals surface area contributed by atoms with Gasteiger partial charge in [-0.1, -0.05) is 65.9 Å². The molecule has 0 saturated carbocycles. The number of esters is 2. The van der Waals surface area contributed by atoms with Gasteiger partial charge in [-0.15, -0.1) is 5.10 Å². The van der Waals surface area contributed by atoms with E-state index in [4.69, 9.17) is 9.47 Å². The standard InChI is InChI=1S/C32H28F2N3O7P/c1-43-29(38)23-11-7-21(8-12-23)19-31(25-17-13-24(14-18-25)30(39)44-2,37-28-6-4-3-5-27(28)35-36-37)20-22-9-15-26(16-10-22)32(33,34)45(40,41)42/h3-18H,19-20H2,1-2H3,(H2,40,41,42). The van der Waals surface area contributed by atoms with Gasteiger partial charge in [0.05, 0.1) is 36.4 Å². The third-order valence-electron chi connectivity index (χ3n) is 7.64. The van der Waals surface area contributed by atoms with Crippen LogP contribution in [0.1, 0.15) is 43.0 Å². The summed E-state index contributed by atoms with van der Waals surface area (Å²) in [6, 6.07) is 25.6. The highest BCUT2D eigenvalue weighted by Gasteiger charge is 2.50. The second-order valence-electron chi connectivity index (χ2n) is 10.4. The van der Waals surface area contributed by atoms with Crippen LogP contribution in [0.3, 0.4) is 0 Å². The summed E-state index contributed by atoms with van der Waals surface area (Å²) >= 11 is 0. The quantitative estimate of drug-likeness (QED) is 0.151. The fraction of sp³-hybridized carbons (Fsp3) is 0.188. The third-order valence-corrected chi connectivity index (χ3v) is 8.63. The molecule has 0 bridgehead atoms. The number of rotatable bonds is 10. The van der Waals surface area contributed by atoms with Gasteiger partial charge in [0.25, 0.3) is 0 Å². The molecule has 0 aliphatic carbocycles. The maximum atomic E-state index is 14.5. The van der Waals surface area contributed by atoms with E-state index >= 15 is 0 Å². The van der Waals surface area contributed by atoms with Crippen LogP contribution in [0.5, 0.6) is 0 Å². The molecule has 0 radical (unpaired) electrons. The van der Waals surface area contributed by atoms with Crippen molar-refractivity contribution in [1.29, 1.82) is 0 Å². The van der Waals surface area contributed by atoms with Crippen molar-refractivity contribution in [2.24, 2.45) is 0 Å². The van der Waals surface area contributed by atoms with Crippen molar-refractivity contribution >= 4 is 30.6 Å². The third kappa shape index (κ3) is 6.12. The number of aromatic nitrogens is 3. The maximum absolute atomic E-state index is 14.5. The van der Waals surface area contributed by atoms with E-state index < -0.39 is 36.3 Å². The second-order valence-corrected chi connectivity index (χ2v) is 12.1. The van der Waals surface area contributed by atoms with Crippen LogP contribution < -0.4 is 0 Å². The highest BCUT2D eigenvalue weighted by molar-refractivity contribution is 7.52. The molecule has 1 heterocycles. The number of carbonyl (C=O) groups is 2. The first-order chi connectivity index (χ1) is 21.4. The van der Waals surface area contributed by atoms with Crippen LogP contribution in [-0.4, -0.2) is 50.9 Å². The molecule has 2 N–H and O–H groups in total. The van der Waals surface area contributed by atoms with Gasteiger partial charge in [0.2, 0.25) is 0 Å². The number of alkyl halides is 2. The van der Waals surface area contributed by atoms with Gasteiger partial charge in [-0.25, -0.2) is 14.3 Å². The smallest absolute Gasteiger partial charge is 0.399 e. The Balaban J connectivity index is 1.71. The molecule has 0 saturated heterocycles. The molecule has 13 heteroatoms. The molecule has 0 amide bonds. The molecule has 5 rings (SSSR count). The van der Waals surface area contributed by atoms with E-state index in [-0.39, 0.29) is 12.8 Å². The normalized spacial score (nSPS) is 13.3. The summed E-state index contributed by atoms with van der Waals surface area (Å²) in [5.41, 5.74) is -2.33. The molecular weight excluding hydrogens is 607 g/mol. The molecule has 5 aromatic rings. The highest BCUT2D eigenvalue weighted by Crippen LogP contribution is 2.59. The van der Waals surface area contributed by atoms with Crippen molar-refractivity contribution in [3.63, 3.8) is 0 Å². The predicted octanol–water partition coefficient (Wildman–Crippen LogP) is 5.46. The predicted molar refractivity (Wildman–Crippen MR) is 160 cm³/mol. The number of halogens is 2. The van der Waals surface area contributed by atoms with Gasteiger partial charge in [-0.3, -0.25) is 4.57 Å². The molecule has 232 valence electrons. The fourth-order valence-corrected chi connectivity index (χ4v) is 5.79. The minimum atomic E-state index is -5.76. The zero-order chi connectivity index (χ0) is 32.4. The summed E-state index contributed by atoms with van der Waals surface area (Å²) in [6.07, 6.45) is 0.415. The van der Waals surface area contributed by atoms with E-state index in [1.807, 2.05) is 18.2 Å². The van der Waals surface area contributed by atoms with Crippen molar-refractivity contribution in [1.82, 2.24) is 15.0 Å². The zero-order valence-electron chi connectivity index (χ0n) is 24.1. The minimum Gasteiger partial charge on any atom is -0.465 e. The number of ether oxygens (including phenoxy) is 2. The number of methoxy groups -OCH3 is 2. The number of hydrogen-bond acceptors (Lipinski definition) is 7. The summed E-state index contributed by atoms with van der Waals surface area (Å²) in [4.78, 5) is 42.8. The summed E-state index contributed by atoms with van der Waals surface area (Å²) in [5.74, 6) is -1.03. The summed E-state index contributed by atoms with van der Waals surface area (Å²) in [7, 11) is -3.20. The highest BCUT2D eigenvalue weighted by atomic mass is 31.2. The van der Waals surface area contributed by atoms with Gasteiger partial charge in [0.1, 0.15) is 5.52 Å². The van der Waals surface area contributed by atoms with Gasteiger partial charge in [0.15, 0.2) is 0 Å². The van der Waals surface area contributed by atoms with Crippen LogP contribution in [0.15, 0.2) is 97.1 Å². The van der Waals surface area contributed by atoms with E-state index in [0.717, 1.165) is 17.7 Å². The van der Waals surface area contributed by atoms with Crippen molar-refractivity contribution in [3.05, 3.63) is 130 Å². The van der Waals surface area contributed by atoms with Crippen LogP contribution in [0, 0.1) is 0 Å². The molecule has 1 aromatic heterocycles. The number of fused-ring (bicyclic) bond motifs is 1. The Hall–Kier alpha value is -4.77. The molecule has 1 atom stereocenters. The van der Waals surface area contributed by atoms with Crippen LogP contribution in [-0.2, 0) is 38.1 Å². The van der Waals surface area contributed by atoms with Gasteiger partial charge in [-0.05, 0) is 53.1 Å². The molecule has 0 spiro atoms. The van der Waals surface area contributed by atoms with E-state index in [2.05, 4.69) is 10.3 Å². The van der Waals surface area contributed by atoms with Gasteiger partial charge in [-0.2, -0.15) is 8.78 Å². The Morgan fingerprint density at radius 2 is 1.22 bits per heavy atom. The Bertz CT molecular complexity index is 1890. The second kappa shape index (κ2) is 12.3. The fourth-order valence-electron chi connectivity index (χ4n) is 5.30. The van der Waals surface area contributed by atoms with Gasteiger partial charge >= 0.3 is 25.2 Å². The average molecular weight is 636 g/mol. The Kier molecular flexibility index (Phi) is 8.66. The van der Waals surface area contributed by atoms with Crippen molar-refractivity contribution in [3.8, 4) is 0 Å². The largest absolute Gasteiger partial charge is 0.465 e. The average Bonchev–Trinajstić information content (AvgIpc) is 3.49. The first-order valence-corrected chi connectivity index (χ1v) is 15.2. The summed E-state index contributed by atoms with van der Waals surface area (Å²) < 4.78 is 51.9. The van der Waals surface area contributed by atoms with Crippen molar-refractivity contribution < 1.29 is 42.2 Å². The zero-order valence-corrected chi connectivity index (χ0v) is 25.0. The first-order valence-electron chi connectivity index (χ1n) is 13.6. The van der Waals surface area contributed by atoms with Crippen LogP contribution in [0.25, 0.3) is 11.0 Å². The lowest BCUT2D eigenvalue weighted by atomic mass is 9.78. The molecule has 10 nitrogen and oxygen atoms in total. The van der Waals surface area contributed by atoms with Crippen molar-refractivity contribution in [2.45, 2.75) is 24.0 Å². The molecule has 45 heavy (non-hydrogen) atoms. The number of nitrogens with zero attached hydrogens (tertiary/aromatic N) is 3.